The van der Waals surface area contributed by atoms with Crippen LogP contribution in [0.25, 0.3) is 0 Å². The van der Waals surface area contributed by atoms with Crippen molar-refractivity contribution < 1.29 is 0 Å². The zero-order valence-electron chi connectivity index (χ0n) is 9.93. The molecule has 0 amide bonds. The summed E-state index contributed by atoms with van der Waals surface area (Å²) in [5.74, 6) is 1.85. The normalized spacial score (nSPS) is 22.6. The van der Waals surface area contributed by atoms with E-state index >= 15 is 0 Å². The first kappa shape index (κ1) is 11.0. The molecule has 0 aromatic rings. The fourth-order valence-corrected chi connectivity index (χ4v) is 2.24. The minimum absolute atomic E-state index is 0.377. The van der Waals surface area contributed by atoms with Gasteiger partial charge in [0.25, 0.3) is 0 Å². The molecule has 1 aliphatic rings. The first-order valence-corrected chi connectivity index (χ1v) is 5.66. The lowest BCUT2D eigenvalue weighted by Crippen LogP contribution is -2.46. The quantitative estimate of drug-likeness (QED) is 0.603. The Morgan fingerprint density at radius 2 is 1.54 bits per heavy atom. The molecule has 0 bridgehead atoms. The van der Waals surface area contributed by atoms with Crippen LogP contribution in [0.5, 0.6) is 0 Å². The van der Waals surface area contributed by atoms with Gasteiger partial charge in [-0.15, -0.1) is 0 Å². The maximum atomic E-state index is 2.62. The summed E-state index contributed by atoms with van der Waals surface area (Å²) in [5, 5.41) is 0. The molecule has 78 valence electrons. The third-order valence-electron chi connectivity index (χ3n) is 3.43. The second-order valence-electron chi connectivity index (χ2n) is 5.74. The van der Waals surface area contributed by atoms with E-state index in [-0.39, 0.29) is 0 Å². The van der Waals surface area contributed by atoms with Crippen molar-refractivity contribution >= 4 is 0 Å². The van der Waals surface area contributed by atoms with Crippen LogP contribution in [-0.2, 0) is 0 Å². The Balaban J connectivity index is 2.39. The molecule has 13 heavy (non-hydrogen) atoms. The van der Waals surface area contributed by atoms with Gasteiger partial charge in [-0.1, -0.05) is 13.8 Å². The highest BCUT2D eigenvalue weighted by molar-refractivity contribution is 4.82. The Bertz CT molecular complexity index is 147. The van der Waals surface area contributed by atoms with Gasteiger partial charge in [0, 0.05) is 5.54 Å². The standard InChI is InChI=1S/C12H25N/c1-10(2)11-6-8-13(9-7-11)12(3,4)5/h10-11H,6-9H2,1-5H3. The van der Waals surface area contributed by atoms with Gasteiger partial charge in [-0.05, 0) is 58.5 Å². The molecular formula is C12H25N. The number of likely N-dealkylation sites (tertiary alicyclic amines) is 1. The molecule has 0 atom stereocenters. The largest absolute Gasteiger partial charge is 0.298 e. The molecule has 0 radical (unpaired) electrons. The Morgan fingerprint density at radius 1 is 1.08 bits per heavy atom. The van der Waals surface area contributed by atoms with Crippen molar-refractivity contribution in [3.63, 3.8) is 0 Å². The number of hydrogen-bond donors (Lipinski definition) is 0. The van der Waals surface area contributed by atoms with E-state index in [0.717, 1.165) is 11.8 Å². The third-order valence-corrected chi connectivity index (χ3v) is 3.43. The monoisotopic (exact) mass is 183 g/mol. The van der Waals surface area contributed by atoms with E-state index in [4.69, 9.17) is 0 Å². The number of piperidine rings is 1. The summed E-state index contributed by atoms with van der Waals surface area (Å²) in [5.41, 5.74) is 0.377. The van der Waals surface area contributed by atoms with Gasteiger partial charge < -0.3 is 0 Å². The molecule has 0 unspecified atom stereocenters. The molecule has 0 saturated carbocycles. The summed E-state index contributed by atoms with van der Waals surface area (Å²) >= 11 is 0. The Hall–Kier alpha value is -0.0400. The average Bonchev–Trinajstić information content (AvgIpc) is 2.03. The lowest BCUT2D eigenvalue weighted by Gasteiger charge is -2.41. The highest BCUT2D eigenvalue weighted by Gasteiger charge is 2.27. The molecule has 0 aromatic heterocycles. The summed E-state index contributed by atoms with van der Waals surface area (Å²) in [6.45, 7) is 14.3. The Kier molecular flexibility index (Phi) is 3.39. The van der Waals surface area contributed by atoms with Crippen molar-refractivity contribution in [2.45, 2.75) is 53.0 Å². The van der Waals surface area contributed by atoms with Crippen LogP contribution in [0.1, 0.15) is 47.5 Å². The lowest BCUT2D eigenvalue weighted by molar-refractivity contribution is 0.0754. The summed E-state index contributed by atoms with van der Waals surface area (Å²) in [6, 6.07) is 0. The van der Waals surface area contributed by atoms with Gasteiger partial charge in [0.05, 0.1) is 0 Å². The third kappa shape index (κ3) is 2.98. The van der Waals surface area contributed by atoms with Gasteiger partial charge in [0.2, 0.25) is 0 Å². The fraction of sp³-hybridized carbons (Fsp3) is 1.00. The second-order valence-corrected chi connectivity index (χ2v) is 5.74. The smallest absolute Gasteiger partial charge is 0.0125 e. The van der Waals surface area contributed by atoms with Crippen LogP contribution in [0.2, 0.25) is 0 Å². The highest BCUT2D eigenvalue weighted by Crippen LogP contribution is 2.27. The minimum atomic E-state index is 0.377. The first-order chi connectivity index (χ1) is 5.91. The van der Waals surface area contributed by atoms with E-state index in [0.29, 0.717) is 5.54 Å². The van der Waals surface area contributed by atoms with E-state index in [2.05, 4.69) is 39.5 Å². The van der Waals surface area contributed by atoms with Gasteiger partial charge in [-0.2, -0.15) is 0 Å². The average molecular weight is 183 g/mol. The molecule has 1 nitrogen and oxygen atoms in total. The molecule has 0 aliphatic carbocycles. The van der Waals surface area contributed by atoms with Crippen LogP contribution in [0.4, 0.5) is 0 Å². The molecule has 1 saturated heterocycles. The Labute approximate surface area is 83.5 Å². The maximum Gasteiger partial charge on any atom is 0.0125 e. The molecule has 0 N–H and O–H groups in total. The topological polar surface area (TPSA) is 3.24 Å². The van der Waals surface area contributed by atoms with Crippen molar-refractivity contribution in [1.82, 2.24) is 4.90 Å². The van der Waals surface area contributed by atoms with Crippen molar-refractivity contribution in [2.75, 3.05) is 13.1 Å². The summed E-state index contributed by atoms with van der Waals surface area (Å²) < 4.78 is 0. The molecule has 1 fully saturated rings. The second kappa shape index (κ2) is 4.00. The Morgan fingerprint density at radius 3 is 1.85 bits per heavy atom. The molecular weight excluding hydrogens is 158 g/mol. The zero-order chi connectivity index (χ0) is 10.1. The SMILES string of the molecule is CC(C)C1CCN(C(C)(C)C)CC1. The van der Waals surface area contributed by atoms with Gasteiger partial charge in [0.15, 0.2) is 0 Å². The van der Waals surface area contributed by atoms with Gasteiger partial charge >= 0.3 is 0 Å². The predicted octanol–water partition coefficient (Wildman–Crippen LogP) is 3.15. The molecule has 0 aromatic carbocycles. The molecule has 1 heteroatoms. The zero-order valence-corrected chi connectivity index (χ0v) is 9.93. The van der Waals surface area contributed by atoms with Crippen LogP contribution in [0.3, 0.4) is 0 Å². The van der Waals surface area contributed by atoms with E-state index in [1.54, 1.807) is 0 Å². The van der Waals surface area contributed by atoms with Crippen molar-refractivity contribution in [3.8, 4) is 0 Å². The van der Waals surface area contributed by atoms with Crippen LogP contribution in [0.15, 0.2) is 0 Å². The van der Waals surface area contributed by atoms with E-state index in [9.17, 15) is 0 Å². The van der Waals surface area contributed by atoms with Crippen molar-refractivity contribution in [3.05, 3.63) is 0 Å². The lowest BCUT2D eigenvalue weighted by atomic mass is 9.85. The maximum absolute atomic E-state index is 2.62. The van der Waals surface area contributed by atoms with Crippen LogP contribution in [-0.4, -0.2) is 23.5 Å². The van der Waals surface area contributed by atoms with Crippen LogP contribution < -0.4 is 0 Å². The molecule has 1 aliphatic heterocycles. The minimum Gasteiger partial charge on any atom is -0.298 e. The predicted molar refractivity (Wildman–Crippen MR) is 58.9 cm³/mol. The summed E-state index contributed by atoms with van der Waals surface area (Å²) in [4.78, 5) is 2.62. The van der Waals surface area contributed by atoms with E-state index in [1.807, 2.05) is 0 Å². The number of rotatable bonds is 1. The van der Waals surface area contributed by atoms with Crippen LogP contribution >= 0.6 is 0 Å². The van der Waals surface area contributed by atoms with E-state index < -0.39 is 0 Å². The van der Waals surface area contributed by atoms with E-state index in [1.165, 1.54) is 25.9 Å². The van der Waals surface area contributed by atoms with Gasteiger partial charge in [0.1, 0.15) is 0 Å². The molecule has 1 rings (SSSR count). The number of hydrogen-bond acceptors (Lipinski definition) is 1. The van der Waals surface area contributed by atoms with Crippen molar-refractivity contribution in [2.24, 2.45) is 11.8 Å². The van der Waals surface area contributed by atoms with Crippen molar-refractivity contribution in [1.29, 1.82) is 0 Å². The first-order valence-electron chi connectivity index (χ1n) is 5.66. The number of nitrogens with zero attached hydrogens (tertiary/aromatic N) is 1. The molecule has 1 heterocycles. The van der Waals surface area contributed by atoms with Crippen LogP contribution in [0, 0.1) is 11.8 Å². The molecule has 0 spiro atoms. The van der Waals surface area contributed by atoms with Gasteiger partial charge in [-0.25, -0.2) is 0 Å². The summed E-state index contributed by atoms with van der Waals surface area (Å²) in [7, 11) is 0. The highest BCUT2D eigenvalue weighted by atomic mass is 15.2. The summed E-state index contributed by atoms with van der Waals surface area (Å²) in [6.07, 6.45) is 2.80. The fourth-order valence-electron chi connectivity index (χ4n) is 2.24. The van der Waals surface area contributed by atoms with Gasteiger partial charge in [-0.3, -0.25) is 4.90 Å².